The molecule has 228 valence electrons. The number of esters is 1. The number of rotatable bonds is 10. The maximum atomic E-state index is 13.0. The van der Waals surface area contributed by atoms with Gasteiger partial charge in [0.25, 0.3) is 0 Å². The summed E-state index contributed by atoms with van der Waals surface area (Å²) >= 11 is 0. The van der Waals surface area contributed by atoms with E-state index in [2.05, 4.69) is 15.5 Å². The molecule has 2 fully saturated rings. The van der Waals surface area contributed by atoms with Crippen LogP contribution in [0.4, 0.5) is 10.5 Å². The molecule has 0 aliphatic carbocycles. The molecule has 0 bridgehead atoms. The molecule has 0 radical (unpaired) electrons. The van der Waals surface area contributed by atoms with Crippen molar-refractivity contribution in [2.24, 2.45) is 0 Å². The molecule has 3 N–H and O–H groups in total. The second-order valence-corrected chi connectivity index (χ2v) is 11.2. The monoisotopic (exact) mass is 587 g/mol. The van der Waals surface area contributed by atoms with E-state index in [9.17, 15) is 14.7 Å². The van der Waals surface area contributed by atoms with Crippen LogP contribution < -0.4 is 10.6 Å². The number of methoxy groups -OCH3 is 1. The average molecular weight is 588 g/mol. The molecule has 0 spiro atoms. The quantitative estimate of drug-likeness (QED) is 0.283. The molecule has 2 aliphatic heterocycles. The molecule has 43 heavy (non-hydrogen) atoms. The summed E-state index contributed by atoms with van der Waals surface area (Å²) in [6.07, 6.45) is 3.88. The first-order chi connectivity index (χ1) is 21.0. The van der Waals surface area contributed by atoms with Gasteiger partial charge in [-0.05, 0) is 54.8 Å². The molecule has 0 aromatic heterocycles. The standard InChI is InChI=1S/C34H41N3O6/c1-41-32(39)30(19-24-9-4-2-5-10-24)36-34(40)35-28-12-8-11-27(20-28)33-42-29(22-37-17-6-3-7-18-37)21-31(43-33)26-15-13-25(23-38)14-16-26/h2,4-5,8-16,20,29-31,33,38H,3,6-7,17-19,21-23H2,1H3,(H2,35,36,40). The predicted molar refractivity (Wildman–Crippen MR) is 163 cm³/mol. The Balaban J connectivity index is 1.29. The third-order valence-electron chi connectivity index (χ3n) is 8.02. The smallest absolute Gasteiger partial charge is 0.328 e. The fourth-order valence-corrected chi connectivity index (χ4v) is 5.74. The van der Waals surface area contributed by atoms with E-state index in [4.69, 9.17) is 14.2 Å². The summed E-state index contributed by atoms with van der Waals surface area (Å²) in [5.41, 5.74) is 4.13. The van der Waals surface area contributed by atoms with Crippen LogP contribution in [-0.2, 0) is 32.0 Å². The summed E-state index contributed by atoms with van der Waals surface area (Å²) in [4.78, 5) is 27.8. The highest BCUT2D eigenvalue weighted by Crippen LogP contribution is 2.38. The predicted octanol–water partition coefficient (Wildman–Crippen LogP) is 5.12. The number of nitrogens with one attached hydrogen (secondary N) is 2. The van der Waals surface area contributed by atoms with Crippen molar-refractivity contribution in [2.75, 3.05) is 32.1 Å². The third kappa shape index (κ3) is 8.64. The number of likely N-dealkylation sites (tertiary alicyclic amines) is 1. The fourth-order valence-electron chi connectivity index (χ4n) is 5.74. The molecular formula is C34H41N3O6. The molecule has 4 atom stereocenters. The van der Waals surface area contributed by atoms with Crippen LogP contribution in [-0.4, -0.2) is 60.9 Å². The highest BCUT2D eigenvalue weighted by atomic mass is 16.7. The van der Waals surface area contributed by atoms with Gasteiger partial charge in [0.15, 0.2) is 6.29 Å². The number of amides is 2. The summed E-state index contributed by atoms with van der Waals surface area (Å²) in [7, 11) is 1.31. The minimum Gasteiger partial charge on any atom is -0.467 e. The topological polar surface area (TPSA) is 109 Å². The Morgan fingerprint density at radius 2 is 1.70 bits per heavy atom. The van der Waals surface area contributed by atoms with Crippen molar-refractivity contribution in [2.45, 2.75) is 63.3 Å². The lowest BCUT2D eigenvalue weighted by atomic mass is 9.99. The first kappa shape index (κ1) is 30.7. The summed E-state index contributed by atoms with van der Waals surface area (Å²) in [5, 5.41) is 15.1. The van der Waals surface area contributed by atoms with E-state index in [0.29, 0.717) is 12.1 Å². The molecule has 9 nitrogen and oxygen atoms in total. The highest BCUT2D eigenvalue weighted by molar-refractivity contribution is 5.92. The number of aliphatic hydroxyl groups is 1. The summed E-state index contributed by atoms with van der Waals surface area (Å²) in [5.74, 6) is -0.519. The molecule has 4 unspecified atom stereocenters. The first-order valence-electron chi connectivity index (χ1n) is 15.0. The Bertz CT molecular complexity index is 1330. The number of carbonyl (C=O) groups is 2. The van der Waals surface area contributed by atoms with Crippen molar-refractivity contribution in [3.63, 3.8) is 0 Å². The van der Waals surface area contributed by atoms with Gasteiger partial charge in [0, 0.05) is 30.6 Å². The van der Waals surface area contributed by atoms with Gasteiger partial charge in [-0.25, -0.2) is 9.59 Å². The SMILES string of the molecule is COC(=O)C(Cc1ccccc1)NC(=O)Nc1cccc(C2OC(CN3CCCCC3)CC(c3ccc(CO)cc3)O2)c1. The van der Waals surface area contributed by atoms with Gasteiger partial charge in [0.2, 0.25) is 0 Å². The van der Waals surface area contributed by atoms with Gasteiger partial charge >= 0.3 is 12.0 Å². The largest absolute Gasteiger partial charge is 0.467 e. The van der Waals surface area contributed by atoms with Crippen molar-refractivity contribution in [1.29, 1.82) is 0 Å². The van der Waals surface area contributed by atoms with E-state index < -0.39 is 24.3 Å². The minimum atomic E-state index is -0.839. The summed E-state index contributed by atoms with van der Waals surface area (Å²) < 4.78 is 17.9. The molecule has 2 heterocycles. The van der Waals surface area contributed by atoms with E-state index in [1.54, 1.807) is 6.07 Å². The first-order valence-corrected chi connectivity index (χ1v) is 15.0. The van der Waals surface area contributed by atoms with E-state index in [1.165, 1.54) is 26.4 Å². The maximum absolute atomic E-state index is 13.0. The Morgan fingerprint density at radius 1 is 0.930 bits per heavy atom. The minimum absolute atomic E-state index is 0.00484. The highest BCUT2D eigenvalue weighted by Gasteiger charge is 2.33. The number of benzene rings is 3. The van der Waals surface area contributed by atoms with Crippen LogP contribution >= 0.6 is 0 Å². The maximum Gasteiger partial charge on any atom is 0.328 e. The van der Waals surface area contributed by atoms with Crippen LogP contribution in [0.5, 0.6) is 0 Å². The van der Waals surface area contributed by atoms with Gasteiger partial charge < -0.3 is 34.9 Å². The van der Waals surface area contributed by atoms with Gasteiger partial charge in [-0.2, -0.15) is 0 Å². The van der Waals surface area contributed by atoms with E-state index in [0.717, 1.165) is 48.3 Å². The van der Waals surface area contributed by atoms with Gasteiger partial charge in [0.05, 0.1) is 25.9 Å². The van der Waals surface area contributed by atoms with Crippen LogP contribution in [0, 0.1) is 0 Å². The van der Waals surface area contributed by atoms with Crippen molar-refractivity contribution in [1.82, 2.24) is 10.2 Å². The van der Waals surface area contributed by atoms with Crippen LogP contribution in [0.1, 0.15) is 60.3 Å². The normalized spacial score (nSPS) is 21.5. The number of urea groups is 1. The zero-order valence-corrected chi connectivity index (χ0v) is 24.6. The second-order valence-electron chi connectivity index (χ2n) is 11.2. The zero-order chi connectivity index (χ0) is 30.0. The van der Waals surface area contributed by atoms with Crippen LogP contribution in [0.15, 0.2) is 78.9 Å². The van der Waals surface area contributed by atoms with E-state index in [-0.39, 0.29) is 18.8 Å². The van der Waals surface area contributed by atoms with Crippen LogP contribution in [0.25, 0.3) is 0 Å². The number of nitrogens with zero attached hydrogens (tertiary/aromatic N) is 1. The number of ether oxygens (including phenoxy) is 3. The summed E-state index contributed by atoms with van der Waals surface area (Å²) in [6.45, 7) is 2.98. The Labute approximate surface area is 253 Å². The van der Waals surface area contributed by atoms with E-state index in [1.807, 2.05) is 72.8 Å². The van der Waals surface area contributed by atoms with Crippen molar-refractivity contribution in [3.05, 3.63) is 101 Å². The van der Waals surface area contributed by atoms with Crippen LogP contribution in [0.3, 0.4) is 0 Å². The third-order valence-corrected chi connectivity index (χ3v) is 8.02. The van der Waals surface area contributed by atoms with Crippen LogP contribution in [0.2, 0.25) is 0 Å². The molecule has 9 heteroatoms. The van der Waals surface area contributed by atoms with Gasteiger partial charge in [-0.1, -0.05) is 73.2 Å². The average Bonchev–Trinajstić information content (AvgIpc) is 3.05. The van der Waals surface area contributed by atoms with Gasteiger partial charge in [-0.15, -0.1) is 0 Å². The molecule has 2 aliphatic rings. The Morgan fingerprint density at radius 3 is 2.42 bits per heavy atom. The fraction of sp³-hybridized carbons (Fsp3) is 0.412. The number of aliphatic hydroxyl groups excluding tert-OH is 1. The number of piperidine rings is 1. The number of anilines is 1. The van der Waals surface area contributed by atoms with E-state index >= 15 is 0 Å². The van der Waals surface area contributed by atoms with Crippen molar-refractivity contribution in [3.8, 4) is 0 Å². The summed E-state index contributed by atoms with van der Waals surface area (Å²) in [6, 6.07) is 23.4. The second kappa shape index (κ2) is 15.1. The van der Waals surface area contributed by atoms with Crippen molar-refractivity contribution >= 4 is 17.7 Å². The van der Waals surface area contributed by atoms with Crippen molar-refractivity contribution < 1.29 is 28.9 Å². The van der Waals surface area contributed by atoms with Gasteiger partial charge in [0.1, 0.15) is 6.04 Å². The lowest BCUT2D eigenvalue weighted by molar-refractivity contribution is -0.253. The molecule has 3 aromatic carbocycles. The molecule has 0 saturated carbocycles. The lowest BCUT2D eigenvalue weighted by Gasteiger charge is -2.39. The molecule has 2 saturated heterocycles. The molecule has 3 aromatic rings. The number of carbonyl (C=O) groups excluding carboxylic acids is 2. The zero-order valence-electron chi connectivity index (χ0n) is 24.6. The number of hydrogen-bond acceptors (Lipinski definition) is 7. The van der Waals surface area contributed by atoms with Gasteiger partial charge in [-0.3, -0.25) is 0 Å². The Hall–Kier alpha value is -3.76. The molecule has 5 rings (SSSR count). The Kier molecular flexibility index (Phi) is 10.8. The number of hydrogen-bond donors (Lipinski definition) is 3. The molecular weight excluding hydrogens is 546 g/mol. The lowest BCUT2D eigenvalue weighted by Crippen LogP contribution is -2.45. The molecule has 2 amide bonds.